The van der Waals surface area contributed by atoms with Gasteiger partial charge in [0.2, 0.25) is 0 Å². The van der Waals surface area contributed by atoms with Gasteiger partial charge in [0, 0.05) is 0 Å². The van der Waals surface area contributed by atoms with Gasteiger partial charge in [0.1, 0.15) is 0 Å². The van der Waals surface area contributed by atoms with Crippen molar-refractivity contribution in [3.05, 3.63) is 17.1 Å². The van der Waals surface area contributed by atoms with Crippen LogP contribution >= 0.6 is 0 Å². The van der Waals surface area contributed by atoms with E-state index < -0.39 is 0 Å². The van der Waals surface area contributed by atoms with Crippen LogP contribution in [-0.4, -0.2) is 23.1 Å². The van der Waals surface area contributed by atoms with Crippen molar-refractivity contribution in [1.82, 2.24) is 0 Å². The van der Waals surface area contributed by atoms with Crippen LogP contribution in [0.1, 0.15) is 48.5 Å². The Kier molecular flexibility index (Phi) is 11.0. The zero-order valence-electron chi connectivity index (χ0n) is 10.1. The monoisotopic (exact) mass is 256 g/mol. The van der Waals surface area contributed by atoms with Crippen molar-refractivity contribution >= 4 is 23.1 Å². The normalized spacial score (nSPS) is 10.2. The van der Waals surface area contributed by atoms with E-state index in [9.17, 15) is 0 Å². The Balaban J connectivity index is -0.000000500. The molecule has 0 saturated carbocycles. The topological polar surface area (TPSA) is 0 Å². The number of allylic oxidation sites excluding steroid dienone is 2. The van der Waals surface area contributed by atoms with E-state index in [0.717, 1.165) is 0 Å². The molecule has 0 heterocycles. The van der Waals surface area contributed by atoms with Gasteiger partial charge in [-0.25, -0.2) is 0 Å². The van der Waals surface area contributed by atoms with Crippen molar-refractivity contribution in [1.29, 1.82) is 0 Å². The maximum absolute atomic E-state index is 2.28. The van der Waals surface area contributed by atoms with Crippen molar-refractivity contribution in [2.24, 2.45) is 5.41 Å². The van der Waals surface area contributed by atoms with Crippen molar-refractivity contribution in [2.45, 2.75) is 48.5 Å². The van der Waals surface area contributed by atoms with Crippen LogP contribution in [0.5, 0.6) is 0 Å². The molecule has 74 valence electrons. The van der Waals surface area contributed by atoms with Gasteiger partial charge in [-0.15, -0.1) is 5.41 Å². The number of hydrogen-bond donors (Lipinski definition) is 0. The average Bonchev–Trinajstić information content (AvgIpc) is 1.85. The van der Waals surface area contributed by atoms with Gasteiger partial charge in [0.15, 0.2) is 0 Å². The molecule has 0 unspecified atom stereocenters. The molecule has 0 atom stereocenters. The minimum absolute atomic E-state index is 0. The first-order valence-electron chi connectivity index (χ1n) is 4.25. The van der Waals surface area contributed by atoms with Gasteiger partial charge in [-0.3, -0.25) is 0 Å². The summed E-state index contributed by atoms with van der Waals surface area (Å²) in [6, 6.07) is 0. The molecule has 0 nitrogen and oxygen atoms in total. The van der Waals surface area contributed by atoms with Gasteiger partial charge in [-0.1, -0.05) is 25.0 Å². The van der Waals surface area contributed by atoms with E-state index in [4.69, 9.17) is 0 Å². The summed E-state index contributed by atoms with van der Waals surface area (Å²) in [5.41, 5.74) is 3.22. The van der Waals surface area contributed by atoms with Gasteiger partial charge in [0.25, 0.3) is 0 Å². The molecule has 0 fully saturated rings. The van der Waals surface area contributed by atoms with Crippen LogP contribution in [0.3, 0.4) is 0 Å². The van der Waals surface area contributed by atoms with E-state index in [1.54, 1.807) is 0 Å². The third-order valence-corrected chi connectivity index (χ3v) is 2.94. The molecule has 2 heteroatoms. The number of rotatable bonds is 2. The summed E-state index contributed by atoms with van der Waals surface area (Å²) in [4.78, 5) is 0. The van der Waals surface area contributed by atoms with Crippen molar-refractivity contribution in [2.75, 3.05) is 0 Å². The molecule has 0 spiro atoms. The molecular formula is C11H21BrMg. The molecule has 0 radical (unpaired) electrons. The molecule has 0 aromatic rings. The van der Waals surface area contributed by atoms with E-state index in [-0.39, 0.29) is 45.4 Å². The molecule has 0 aliphatic carbocycles. The summed E-state index contributed by atoms with van der Waals surface area (Å²) in [6.07, 6.45) is 0. The molecule has 0 amide bonds. The number of hydrogen-bond acceptors (Lipinski definition) is 0. The first-order valence-corrected chi connectivity index (χ1v) is 4.25. The SMILES string of the molecule is CC(C)=C(C)C(C)(C)[C-](C)C.[Br-].[Mg+2]. The van der Waals surface area contributed by atoms with Crippen LogP contribution in [0, 0.1) is 11.3 Å². The van der Waals surface area contributed by atoms with Crippen molar-refractivity contribution in [3.8, 4) is 0 Å². The Morgan fingerprint density at radius 3 is 1.38 bits per heavy atom. The van der Waals surface area contributed by atoms with Crippen molar-refractivity contribution < 1.29 is 17.0 Å². The van der Waals surface area contributed by atoms with E-state index in [2.05, 4.69) is 48.5 Å². The second-order valence-corrected chi connectivity index (χ2v) is 4.25. The summed E-state index contributed by atoms with van der Waals surface area (Å²) >= 11 is 0. The fourth-order valence-corrected chi connectivity index (χ4v) is 1.00. The molecule has 0 aromatic carbocycles. The van der Waals surface area contributed by atoms with Gasteiger partial charge in [-0.2, -0.15) is 13.8 Å². The third-order valence-electron chi connectivity index (χ3n) is 2.94. The number of halogens is 1. The minimum atomic E-state index is 0. The van der Waals surface area contributed by atoms with Gasteiger partial charge < -0.3 is 22.9 Å². The van der Waals surface area contributed by atoms with Gasteiger partial charge >= 0.3 is 23.1 Å². The van der Waals surface area contributed by atoms with Crippen LogP contribution in [0.25, 0.3) is 0 Å². The Labute approximate surface area is 110 Å². The molecule has 13 heavy (non-hydrogen) atoms. The summed E-state index contributed by atoms with van der Waals surface area (Å²) in [5.74, 6) is 1.48. The zero-order valence-corrected chi connectivity index (χ0v) is 13.1. The second-order valence-electron chi connectivity index (χ2n) is 4.25. The zero-order chi connectivity index (χ0) is 9.23. The fourth-order valence-electron chi connectivity index (χ4n) is 1.00. The predicted octanol–water partition coefficient (Wildman–Crippen LogP) is 0.606. The maximum atomic E-state index is 2.28. The Morgan fingerprint density at radius 1 is 1.00 bits per heavy atom. The van der Waals surface area contributed by atoms with Crippen LogP contribution in [-0.2, 0) is 0 Å². The first kappa shape index (κ1) is 19.5. The molecule has 0 aliphatic rings. The molecule has 0 bridgehead atoms. The molecular weight excluding hydrogens is 236 g/mol. The Bertz CT molecular complexity index is 165. The maximum Gasteiger partial charge on any atom is 2.00 e. The summed E-state index contributed by atoms with van der Waals surface area (Å²) in [7, 11) is 0. The molecule has 0 aliphatic heterocycles. The first-order chi connectivity index (χ1) is 4.80. The quantitative estimate of drug-likeness (QED) is 0.386. The predicted molar refractivity (Wildman–Crippen MR) is 58.2 cm³/mol. The van der Waals surface area contributed by atoms with E-state index in [0.29, 0.717) is 0 Å². The largest absolute Gasteiger partial charge is 2.00 e. The van der Waals surface area contributed by atoms with Crippen LogP contribution in [0.4, 0.5) is 0 Å². The molecule has 0 saturated heterocycles. The van der Waals surface area contributed by atoms with E-state index >= 15 is 0 Å². The van der Waals surface area contributed by atoms with E-state index in [1.165, 1.54) is 17.1 Å². The second kappa shape index (κ2) is 7.30. The minimum Gasteiger partial charge on any atom is -1.00 e. The Morgan fingerprint density at radius 2 is 1.31 bits per heavy atom. The summed E-state index contributed by atoms with van der Waals surface area (Å²) in [5, 5.41) is 0. The smallest absolute Gasteiger partial charge is 1.00 e. The standard InChI is InChI=1S/C11H21.BrH.Mg/c1-8(2)10(5)11(6,7)9(3)4;;/h1-7H3;1H;/q-1;;+2/p-1. The third kappa shape index (κ3) is 5.43. The van der Waals surface area contributed by atoms with Crippen LogP contribution in [0.15, 0.2) is 11.1 Å². The van der Waals surface area contributed by atoms with E-state index in [1.807, 2.05) is 0 Å². The van der Waals surface area contributed by atoms with Gasteiger partial charge in [-0.05, 0) is 20.8 Å². The Hall–Kier alpha value is 0.986. The van der Waals surface area contributed by atoms with Crippen molar-refractivity contribution in [3.63, 3.8) is 0 Å². The molecule has 0 N–H and O–H groups in total. The molecule has 0 rings (SSSR count). The van der Waals surface area contributed by atoms with Gasteiger partial charge in [0.05, 0.1) is 0 Å². The van der Waals surface area contributed by atoms with Crippen LogP contribution in [0.2, 0.25) is 0 Å². The molecule has 0 aromatic heterocycles. The summed E-state index contributed by atoms with van der Waals surface area (Å²) in [6.45, 7) is 15.6. The van der Waals surface area contributed by atoms with Crippen LogP contribution < -0.4 is 17.0 Å². The summed E-state index contributed by atoms with van der Waals surface area (Å²) < 4.78 is 0. The average molecular weight is 257 g/mol. The fraction of sp³-hybridized carbons (Fsp3) is 0.727.